The van der Waals surface area contributed by atoms with E-state index in [4.69, 9.17) is 5.73 Å². The SMILES string of the molecule is N#C[C@@H]1[C@H](c2ccsc2)[C@H](C(N)=O)C(=O)N[C@@]1(O)c1ccccc1. The number of amides is 2. The zero-order chi connectivity index (χ0) is 17.3. The van der Waals surface area contributed by atoms with Crippen molar-refractivity contribution >= 4 is 23.2 Å². The van der Waals surface area contributed by atoms with E-state index in [-0.39, 0.29) is 0 Å². The molecule has 1 saturated heterocycles. The maximum atomic E-state index is 12.5. The molecule has 2 heterocycles. The summed E-state index contributed by atoms with van der Waals surface area (Å²) in [5, 5.41) is 26.8. The number of nitrogens with two attached hydrogens (primary N) is 1. The van der Waals surface area contributed by atoms with E-state index in [0.717, 1.165) is 0 Å². The van der Waals surface area contributed by atoms with Crippen LogP contribution in [0.15, 0.2) is 47.2 Å². The van der Waals surface area contributed by atoms with Crippen LogP contribution in [0.5, 0.6) is 0 Å². The fourth-order valence-electron chi connectivity index (χ4n) is 3.23. The molecule has 1 aliphatic rings. The monoisotopic (exact) mass is 341 g/mol. The van der Waals surface area contributed by atoms with E-state index in [2.05, 4.69) is 11.4 Å². The van der Waals surface area contributed by atoms with E-state index in [9.17, 15) is 20.0 Å². The molecule has 1 aromatic heterocycles. The molecule has 0 bridgehead atoms. The minimum Gasteiger partial charge on any atom is -0.369 e. The zero-order valence-electron chi connectivity index (χ0n) is 12.5. The summed E-state index contributed by atoms with van der Waals surface area (Å²) in [4.78, 5) is 24.4. The predicted molar refractivity (Wildman–Crippen MR) is 87.3 cm³/mol. The standard InChI is InChI=1S/C17H15N3O3S/c18-8-12-13(10-6-7-24-9-10)14(15(19)21)16(22)20-17(12,23)11-4-2-1-3-5-11/h1-7,9,12-14,23H,(H2,19,21)(H,20,22)/t12-,13+,14-,17-/m1/s1. The van der Waals surface area contributed by atoms with Crippen molar-refractivity contribution in [1.82, 2.24) is 5.32 Å². The van der Waals surface area contributed by atoms with Gasteiger partial charge in [0, 0.05) is 11.5 Å². The molecule has 6 nitrogen and oxygen atoms in total. The highest BCUT2D eigenvalue weighted by Gasteiger charge is 2.55. The molecule has 2 amide bonds. The van der Waals surface area contributed by atoms with E-state index in [1.165, 1.54) is 11.3 Å². The van der Waals surface area contributed by atoms with Gasteiger partial charge in [-0.3, -0.25) is 9.59 Å². The first-order valence-corrected chi connectivity index (χ1v) is 8.24. The number of primary amides is 1. The molecule has 0 unspecified atom stereocenters. The number of piperidine rings is 1. The number of thiophene rings is 1. The summed E-state index contributed by atoms with van der Waals surface area (Å²) in [5.74, 6) is -4.61. The van der Waals surface area contributed by atoms with E-state index in [1.54, 1.807) is 47.2 Å². The van der Waals surface area contributed by atoms with Gasteiger partial charge in [0.2, 0.25) is 11.8 Å². The summed E-state index contributed by atoms with van der Waals surface area (Å²) in [5.41, 5.74) is 4.53. The Hall–Kier alpha value is -2.69. The minimum atomic E-state index is -1.90. The van der Waals surface area contributed by atoms with Gasteiger partial charge in [-0.25, -0.2) is 0 Å². The number of nitriles is 1. The number of hydrogen-bond acceptors (Lipinski definition) is 5. The van der Waals surface area contributed by atoms with Crippen molar-refractivity contribution in [2.24, 2.45) is 17.6 Å². The summed E-state index contributed by atoms with van der Waals surface area (Å²) in [6, 6.07) is 12.2. The van der Waals surface area contributed by atoms with Crippen LogP contribution in [-0.4, -0.2) is 16.9 Å². The Balaban J connectivity index is 2.17. The first-order valence-electron chi connectivity index (χ1n) is 7.30. The number of benzene rings is 1. The summed E-state index contributed by atoms with van der Waals surface area (Å²) >= 11 is 1.38. The van der Waals surface area contributed by atoms with Gasteiger partial charge in [0.25, 0.3) is 0 Å². The second-order valence-electron chi connectivity index (χ2n) is 5.69. The number of nitrogens with zero attached hydrogens (tertiary/aromatic N) is 1. The first-order chi connectivity index (χ1) is 11.5. The average Bonchev–Trinajstić information content (AvgIpc) is 3.08. The molecule has 1 fully saturated rings. The second-order valence-corrected chi connectivity index (χ2v) is 6.47. The van der Waals surface area contributed by atoms with Gasteiger partial charge in [-0.2, -0.15) is 16.6 Å². The number of nitrogens with one attached hydrogen (secondary N) is 1. The Labute approximate surface area is 142 Å². The summed E-state index contributed by atoms with van der Waals surface area (Å²) in [7, 11) is 0. The van der Waals surface area contributed by atoms with Crippen molar-refractivity contribution in [3.05, 3.63) is 58.3 Å². The summed E-state index contributed by atoms with van der Waals surface area (Å²) < 4.78 is 0. The van der Waals surface area contributed by atoms with Crippen LogP contribution in [0.25, 0.3) is 0 Å². The first kappa shape index (κ1) is 16.2. The molecule has 4 N–H and O–H groups in total. The van der Waals surface area contributed by atoms with Crippen LogP contribution in [0.4, 0.5) is 0 Å². The van der Waals surface area contributed by atoms with Crippen molar-refractivity contribution in [3.8, 4) is 6.07 Å². The lowest BCUT2D eigenvalue weighted by atomic mass is 9.68. The second kappa shape index (κ2) is 6.07. The normalized spacial score (nSPS) is 29.5. The van der Waals surface area contributed by atoms with Crippen LogP contribution in [0.1, 0.15) is 17.0 Å². The molecule has 7 heteroatoms. The number of hydrogen-bond donors (Lipinski definition) is 3. The van der Waals surface area contributed by atoms with E-state index in [0.29, 0.717) is 11.1 Å². The van der Waals surface area contributed by atoms with Gasteiger partial charge >= 0.3 is 0 Å². The van der Waals surface area contributed by atoms with Gasteiger partial charge in [-0.15, -0.1) is 0 Å². The van der Waals surface area contributed by atoms with Gasteiger partial charge in [-0.05, 0) is 22.4 Å². The molecule has 1 aromatic carbocycles. The van der Waals surface area contributed by atoms with E-state index >= 15 is 0 Å². The molecule has 4 atom stereocenters. The van der Waals surface area contributed by atoms with Crippen LogP contribution >= 0.6 is 11.3 Å². The summed E-state index contributed by atoms with van der Waals surface area (Å²) in [6.07, 6.45) is 0. The van der Waals surface area contributed by atoms with E-state index in [1.807, 2.05) is 0 Å². The molecule has 0 spiro atoms. The van der Waals surface area contributed by atoms with Crippen LogP contribution in [-0.2, 0) is 15.3 Å². The fourth-order valence-corrected chi connectivity index (χ4v) is 3.94. The fraction of sp³-hybridized carbons (Fsp3) is 0.235. The number of carbonyl (C=O) groups is 2. The van der Waals surface area contributed by atoms with Gasteiger partial charge in [-0.1, -0.05) is 30.3 Å². The molecule has 122 valence electrons. The van der Waals surface area contributed by atoms with Crippen molar-refractivity contribution in [2.45, 2.75) is 11.6 Å². The third-order valence-electron chi connectivity index (χ3n) is 4.35. The third kappa shape index (κ3) is 2.46. The minimum absolute atomic E-state index is 0.382. The topological polar surface area (TPSA) is 116 Å². The van der Waals surface area contributed by atoms with E-state index < -0.39 is 35.3 Å². The van der Waals surface area contributed by atoms with Crippen molar-refractivity contribution < 1.29 is 14.7 Å². The molecule has 0 aliphatic carbocycles. The predicted octanol–water partition coefficient (Wildman–Crippen LogP) is 1.05. The molecule has 24 heavy (non-hydrogen) atoms. The zero-order valence-corrected chi connectivity index (χ0v) is 13.4. The molecular formula is C17H15N3O3S. The highest BCUT2D eigenvalue weighted by Crippen LogP contribution is 2.45. The van der Waals surface area contributed by atoms with Gasteiger partial charge < -0.3 is 16.2 Å². The van der Waals surface area contributed by atoms with Crippen LogP contribution in [0.3, 0.4) is 0 Å². The molecule has 1 aliphatic heterocycles. The molecular weight excluding hydrogens is 326 g/mol. The Bertz CT molecular complexity index is 800. The lowest BCUT2D eigenvalue weighted by Crippen LogP contribution is -2.62. The number of rotatable bonds is 3. The van der Waals surface area contributed by atoms with Gasteiger partial charge in [0.1, 0.15) is 11.8 Å². The van der Waals surface area contributed by atoms with Crippen LogP contribution < -0.4 is 11.1 Å². The molecule has 2 aromatic rings. The molecule has 0 radical (unpaired) electrons. The maximum Gasteiger partial charge on any atom is 0.235 e. The average molecular weight is 341 g/mol. The van der Waals surface area contributed by atoms with Gasteiger partial charge in [0.15, 0.2) is 5.72 Å². The van der Waals surface area contributed by atoms with Gasteiger partial charge in [0.05, 0.1) is 6.07 Å². The Morgan fingerprint density at radius 3 is 2.58 bits per heavy atom. The lowest BCUT2D eigenvalue weighted by molar-refractivity contribution is -0.153. The number of aliphatic hydroxyl groups is 1. The smallest absolute Gasteiger partial charge is 0.235 e. The molecule has 3 rings (SSSR count). The molecule has 0 saturated carbocycles. The van der Waals surface area contributed by atoms with Crippen LogP contribution in [0, 0.1) is 23.2 Å². The number of carbonyl (C=O) groups excluding carboxylic acids is 2. The lowest BCUT2D eigenvalue weighted by Gasteiger charge is -2.44. The van der Waals surface area contributed by atoms with Crippen molar-refractivity contribution in [1.29, 1.82) is 5.26 Å². The maximum absolute atomic E-state index is 12.5. The highest BCUT2D eigenvalue weighted by atomic mass is 32.1. The third-order valence-corrected chi connectivity index (χ3v) is 5.05. The Kier molecular flexibility index (Phi) is 4.09. The van der Waals surface area contributed by atoms with Crippen molar-refractivity contribution in [3.63, 3.8) is 0 Å². The largest absolute Gasteiger partial charge is 0.369 e. The quantitative estimate of drug-likeness (QED) is 0.723. The Morgan fingerprint density at radius 2 is 2.04 bits per heavy atom. The van der Waals surface area contributed by atoms with Crippen molar-refractivity contribution in [2.75, 3.05) is 0 Å². The van der Waals surface area contributed by atoms with Crippen LogP contribution in [0.2, 0.25) is 0 Å². The summed E-state index contributed by atoms with van der Waals surface area (Å²) in [6.45, 7) is 0. The highest BCUT2D eigenvalue weighted by molar-refractivity contribution is 7.08. The Morgan fingerprint density at radius 1 is 1.33 bits per heavy atom.